The molecule has 1 heterocycles. The van der Waals surface area contributed by atoms with E-state index in [1.54, 1.807) is 0 Å². The number of pyridine rings is 1. The predicted octanol–water partition coefficient (Wildman–Crippen LogP) is 3.87. The topological polar surface area (TPSA) is 12.9 Å². The Morgan fingerprint density at radius 1 is 0.708 bits per heavy atom. The van der Waals surface area contributed by atoms with Crippen LogP contribution in [0.2, 0.25) is 0 Å². The van der Waals surface area contributed by atoms with Gasteiger partial charge in [0.25, 0.3) is 15.2 Å². The highest BCUT2D eigenvalue weighted by Gasteiger charge is 2.07. The van der Waals surface area contributed by atoms with Crippen LogP contribution in [0, 0.1) is 6.92 Å². The van der Waals surface area contributed by atoms with Crippen LogP contribution in [0.1, 0.15) is 5.69 Å². The summed E-state index contributed by atoms with van der Waals surface area (Å²) in [5.74, 6) is 0. The molecule has 0 unspecified atom stereocenters. The highest BCUT2D eigenvalue weighted by molar-refractivity contribution is 6.69. The van der Waals surface area contributed by atoms with E-state index in [1.165, 1.54) is 25.4 Å². The van der Waals surface area contributed by atoms with E-state index in [2.05, 4.69) is 96.8 Å². The first-order valence-corrected chi connectivity index (χ1v) is 9.32. The molecule has 0 atom stereocenters. The Bertz CT molecular complexity index is 976. The van der Waals surface area contributed by atoms with E-state index in [1.807, 2.05) is 0 Å². The lowest BCUT2D eigenvalue weighted by molar-refractivity contribution is 1.26. The number of benzene rings is 3. The fourth-order valence-corrected chi connectivity index (χ4v) is 4.51. The zero-order chi connectivity index (χ0) is 16.4. The molecule has 0 saturated carbocycles. The van der Waals surface area contributed by atoms with Crippen LogP contribution in [0.15, 0.2) is 84.9 Å². The fourth-order valence-electron chi connectivity index (χ4n) is 3.04. The lowest BCUT2D eigenvalue weighted by Crippen LogP contribution is -2.28. The summed E-state index contributed by atoms with van der Waals surface area (Å²) in [6.45, 7) is 2.08. The maximum Gasteiger partial charge on any atom is 0.299 e. The van der Waals surface area contributed by atoms with E-state index in [-0.39, 0.29) is 15.2 Å². The molecular weight excluding hydrogens is 305 g/mol. The van der Waals surface area contributed by atoms with Gasteiger partial charge < -0.3 is 0 Å². The number of fused-ring (bicyclic) bond motifs is 1. The van der Waals surface area contributed by atoms with E-state index in [4.69, 9.17) is 0 Å². The first-order valence-electron chi connectivity index (χ1n) is 8.16. The molecule has 4 aromatic rings. The summed E-state index contributed by atoms with van der Waals surface area (Å²) in [5, 5.41) is 1.28. The van der Waals surface area contributed by atoms with Gasteiger partial charge in [0.1, 0.15) is 0 Å². The van der Waals surface area contributed by atoms with Crippen molar-refractivity contribution in [1.29, 1.82) is 0 Å². The largest absolute Gasteiger partial charge is 0.299 e. The van der Waals surface area contributed by atoms with Gasteiger partial charge in [0, 0.05) is 5.69 Å². The van der Waals surface area contributed by atoms with Gasteiger partial charge in [-0.05, 0) is 29.5 Å². The van der Waals surface area contributed by atoms with Gasteiger partial charge in [-0.15, -0.1) is 8.85 Å². The third-order valence-corrected chi connectivity index (χ3v) is 5.72. The molecule has 0 saturated heterocycles. The van der Waals surface area contributed by atoms with Crippen LogP contribution in [-0.2, 0) is 0 Å². The molecule has 113 valence electrons. The number of para-hydroxylation sites is 1. The second kappa shape index (κ2) is 6.61. The second-order valence-electron chi connectivity index (χ2n) is 6.00. The molecule has 0 fully saturated rings. The van der Waals surface area contributed by atoms with Gasteiger partial charge in [0.05, 0.1) is 5.52 Å². The number of aryl methyl sites for hydroxylation is 1. The molecule has 0 bridgehead atoms. The summed E-state index contributed by atoms with van der Waals surface area (Å²) in [6, 6.07) is 30.2. The monoisotopic (exact) mass is 322 g/mol. The number of hydrogen-bond donors (Lipinski definition) is 0. The molecule has 0 N–H and O–H groups in total. The Balaban J connectivity index is 1.67. The summed E-state index contributed by atoms with van der Waals surface area (Å²) >= 11 is 0.0639. The van der Waals surface area contributed by atoms with Crippen LogP contribution in [-0.4, -0.2) is 20.2 Å². The average molecular weight is 322 g/mol. The molecule has 1 aromatic heterocycles. The van der Waals surface area contributed by atoms with Gasteiger partial charge >= 0.3 is 0 Å². The molecule has 0 aliphatic heterocycles. The number of hydrogen-bond acceptors (Lipinski definition) is 1. The first kappa shape index (κ1) is 15.1. The smallest absolute Gasteiger partial charge is 0.253 e. The first-order chi connectivity index (χ1) is 11.8. The van der Waals surface area contributed by atoms with Gasteiger partial charge in [0.2, 0.25) is 0 Å². The zero-order valence-electron chi connectivity index (χ0n) is 13.6. The molecule has 3 aromatic carbocycles. The lowest BCUT2D eigenvalue weighted by Gasteiger charge is -2.08. The Morgan fingerprint density at radius 3 is 2.17 bits per heavy atom. The Hall–Kier alpha value is -2.40. The molecule has 0 aliphatic rings. The Kier molecular flexibility index (Phi) is 4.17. The lowest BCUT2D eigenvalue weighted by atomic mass is 10.1. The van der Waals surface area contributed by atoms with Crippen LogP contribution in [0.5, 0.6) is 0 Å². The molecule has 1 nitrogen and oxygen atoms in total. The molecule has 24 heavy (non-hydrogen) atoms. The Labute approximate surface area is 148 Å². The average Bonchev–Trinajstić information content (AvgIpc) is 2.63. The summed E-state index contributed by atoms with van der Waals surface area (Å²) in [6.07, 6.45) is 0. The minimum Gasteiger partial charge on any atom is -0.253 e. The minimum absolute atomic E-state index is 0.0639. The molecule has 0 aliphatic carbocycles. The SMILES string of the molecule is Cc1c[c]([Al][c]2ccc(-c3ccccc3)cc2)c2ccccc2n1. The second-order valence-corrected chi connectivity index (χ2v) is 7.58. The van der Waals surface area contributed by atoms with Crippen molar-refractivity contribution in [3.05, 3.63) is 90.6 Å². The standard InChI is InChI=1S/C12H9.C10H8N.Al/c1-3-7-11(8-4-1)12-9-5-2-6-10-12;1-8-6-7-9-4-2-3-5-10(9)11-8;/h1,3-10H;2-6H,1H3;. The zero-order valence-corrected chi connectivity index (χ0v) is 14.8. The molecule has 0 amide bonds. The molecule has 2 heteroatoms. The highest BCUT2D eigenvalue weighted by atomic mass is 27.1. The summed E-state index contributed by atoms with van der Waals surface area (Å²) in [4.78, 5) is 4.65. The quantitative estimate of drug-likeness (QED) is 0.522. The number of nitrogens with zero attached hydrogens (tertiary/aromatic N) is 1. The molecule has 4 rings (SSSR count). The minimum atomic E-state index is 0.0639. The highest BCUT2D eigenvalue weighted by Crippen LogP contribution is 2.17. The van der Waals surface area contributed by atoms with Crippen molar-refractivity contribution in [2.75, 3.05) is 0 Å². The Morgan fingerprint density at radius 2 is 1.38 bits per heavy atom. The van der Waals surface area contributed by atoms with Crippen molar-refractivity contribution in [2.24, 2.45) is 0 Å². The molecule has 0 spiro atoms. The predicted molar refractivity (Wildman–Crippen MR) is 103 cm³/mol. The van der Waals surface area contributed by atoms with Crippen molar-refractivity contribution >= 4 is 35.0 Å². The maximum atomic E-state index is 4.65. The van der Waals surface area contributed by atoms with E-state index in [0.717, 1.165) is 11.2 Å². The van der Waals surface area contributed by atoms with Crippen molar-refractivity contribution in [2.45, 2.75) is 6.92 Å². The van der Waals surface area contributed by atoms with Crippen LogP contribution in [0.4, 0.5) is 0 Å². The summed E-state index contributed by atoms with van der Waals surface area (Å²) in [7, 11) is 0. The van der Waals surface area contributed by atoms with Crippen molar-refractivity contribution in [1.82, 2.24) is 4.98 Å². The maximum absolute atomic E-state index is 4.65. The van der Waals surface area contributed by atoms with Crippen LogP contribution >= 0.6 is 0 Å². The third-order valence-electron chi connectivity index (χ3n) is 4.22. The summed E-state index contributed by atoms with van der Waals surface area (Å²) in [5.41, 5.74) is 4.73. The van der Waals surface area contributed by atoms with E-state index in [9.17, 15) is 0 Å². The van der Waals surface area contributed by atoms with Crippen LogP contribution < -0.4 is 8.85 Å². The number of aromatic nitrogens is 1. The third kappa shape index (κ3) is 3.12. The van der Waals surface area contributed by atoms with Crippen molar-refractivity contribution in [3.8, 4) is 11.1 Å². The summed E-state index contributed by atoms with van der Waals surface area (Å²) < 4.78 is 2.83. The van der Waals surface area contributed by atoms with Crippen molar-refractivity contribution in [3.63, 3.8) is 0 Å². The van der Waals surface area contributed by atoms with E-state index < -0.39 is 0 Å². The van der Waals surface area contributed by atoms with Crippen molar-refractivity contribution < 1.29 is 0 Å². The fraction of sp³-hybridized carbons (Fsp3) is 0.0455. The van der Waals surface area contributed by atoms with Gasteiger partial charge in [0.15, 0.2) is 0 Å². The van der Waals surface area contributed by atoms with E-state index in [0.29, 0.717) is 0 Å². The van der Waals surface area contributed by atoms with Crippen LogP contribution in [0.3, 0.4) is 0 Å². The van der Waals surface area contributed by atoms with Gasteiger partial charge in [-0.1, -0.05) is 78.9 Å². The van der Waals surface area contributed by atoms with Gasteiger partial charge in [-0.2, -0.15) is 0 Å². The van der Waals surface area contributed by atoms with E-state index >= 15 is 0 Å². The molecular formula is C22H17AlN. The van der Waals surface area contributed by atoms with Crippen LogP contribution in [0.25, 0.3) is 22.0 Å². The normalized spacial score (nSPS) is 10.7. The van der Waals surface area contributed by atoms with Gasteiger partial charge in [-0.3, -0.25) is 4.98 Å². The molecule has 1 radical (unpaired) electrons. The number of rotatable bonds is 3. The van der Waals surface area contributed by atoms with Gasteiger partial charge in [-0.25, -0.2) is 0 Å².